The molecule has 0 bridgehead atoms. The van der Waals surface area contributed by atoms with Crippen LogP contribution in [0.3, 0.4) is 0 Å². The van der Waals surface area contributed by atoms with Crippen molar-refractivity contribution in [3.8, 4) is 22.8 Å². The number of nitrogens with one attached hydrogen (secondary N) is 1. The van der Waals surface area contributed by atoms with E-state index in [4.69, 9.17) is 10.5 Å². The highest BCUT2D eigenvalue weighted by atomic mass is 16.6. The van der Waals surface area contributed by atoms with Gasteiger partial charge < -0.3 is 10.5 Å². The Kier molecular flexibility index (Phi) is 6.66. The van der Waals surface area contributed by atoms with Crippen molar-refractivity contribution in [3.63, 3.8) is 0 Å². The zero-order valence-corrected chi connectivity index (χ0v) is 19.8. The number of nitrogens with two attached hydrogens (primary N) is 1. The lowest BCUT2D eigenvalue weighted by molar-refractivity contribution is 0.0950. The first-order valence-electron chi connectivity index (χ1n) is 11.3. The van der Waals surface area contributed by atoms with Crippen LogP contribution in [0.2, 0.25) is 0 Å². The minimum Gasteiger partial charge on any atom is -0.489 e. The Labute approximate surface area is 211 Å². The number of ether oxygens (including phenoxy) is 1. The summed E-state index contributed by atoms with van der Waals surface area (Å²) in [7, 11) is 0. The molecule has 184 valence electrons. The number of carbonyl (C=O) groups excluding carboxylic acids is 1. The Balaban J connectivity index is 1.27. The molecule has 2 heterocycles. The van der Waals surface area contributed by atoms with Gasteiger partial charge in [0.2, 0.25) is 11.6 Å². The van der Waals surface area contributed by atoms with E-state index in [0.717, 1.165) is 16.9 Å². The lowest BCUT2D eigenvalue weighted by Crippen LogP contribution is -2.19. The molecular weight excluding hydrogens is 472 g/mol. The Bertz CT molecular complexity index is 1520. The molecule has 0 fully saturated rings. The van der Waals surface area contributed by atoms with Crippen LogP contribution in [0.5, 0.6) is 5.75 Å². The molecule has 0 atom stereocenters. The molecule has 5 aromatic rings. The molecule has 1 amide bonds. The van der Waals surface area contributed by atoms with E-state index in [0.29, 0.717) is 17.9 Å². The van der Waals surface area contributed by atoms with Crippen LogP contribution in [0.1, 0.15) is 27.2 Å². The van der Waals surface area contributed by atoms with E-state index in [9.17, 15) is 4.79 Å². The summed E-state index contributed by atoms with van der Waals surface area (Å²) in [5, 5.41) is 19.5. The minimum atomic E-state index is -0.561. The number of nitrogen functional groups attached to an aromatic ring is 1. The summed E-state index contributed by atoms with van der Waals surface area (Å²) in [4.78, 5) is 12.9. The Hall–Kier alpha value is -5.32. The number of nitrogens with zero attached hydrogens (tertiary/aromatic N) is 6. The van der Waals surface area contributed by atoms with Crippen molar-refractivity contribution >= 4 is 17.9 Å². The van der Waals surface area contributed by atoms with Crippen LogP contribution in [-0.2, 0) is 6.61 Å². The number of carbonyl (C=O) groups is 1. The summed E-state index contributed by atoms with van der Waals surface area (Å²) < 4.78 is 11.8. The normalized spacial score (nSPS) is 11.1. The van der Waals surface area contributed by atoms with Gasteiger partial charge in [0.05, 0.1) is 6.21 Å². The summed E-state index contributed by atoms with van der Waals surface area (Å²) >= 11 is 0. The zero-order chi connectivity index (χ0) is 25.6. The number of benzene rings is 3. The lowest BCUT2D eigenvalue weighted by Gasteiger charge is -2.07. The zero-order valence-electron chi connectivity index (χ0n) is 19.8. The first-order valence-corrected chi connectivity index (χ1v) is 11.3. The van der Waals surface area contributed by atoms with Gasteiger partial charge in [-0.25, -0.2) is 10.1 Å². The van der Waals surface area contributed by atoms with E-state index >= 15 is 0 Å². The number of anilines is 1. The fraction of sp³-hybridized carbons (Fsp3) is 0.0769. The summed E-state index contributed by atoms with van der Waals surface area (Å²) in [5.74, 6) is 0.305. The van der Waals surface area contributed by atoms with Gasteiger partial charge in [-0.3, -0.25) is 4.79 Å². The average molecular weight is 495 g/mol. The Morgan fingerprint density at radius 2 is 1.81 bits per heavy atom. The van der Waals surface area contributed by atoms with Gasteiger partial charge in [-0.15, -0.1) is 5.10 Å². The number of amides is 1. The van der Waals surface area contributed by atoms with E-state index in [2.05, 4.69) is 47.9 Å². The van der Waals surface area contributed by atoms with Gasteiger partial charge in [-0.2, -0.15) is 9.78 Å². The van der Waals surface area contributed by atoms with Gasteiger partial charge in [0, 0.05) is 5.56 Å². The van der Waals surface area contributed by atoms with E-state index in [-0.39, 0.29) is 17.3 Å². The predicted octanol–water partition coefficient (Wildman–Crippen LogP) is 3.55. The van der Waals surface area contributed by atoms with Crippen molar-refractivity contribution in [2.24, 2.45) is 5.10 Å². The van der Waals surface area contributed by atoms with Crippen LogP contribution in [-0.4, -0.2) is 37.4 Å². The molecule has 0 radical (unpaired) electrons. The van der Waals surface area contributed by atoms with Crippen molar-refractivity contribution in [1.29, 1.82) is 0 Å². The van der Waals surface area contributed by atoms with Gasteiger partial charge in [0.1, 0.15) is 18.1 Å². The van der Waals surface area contributed by atoms with Crippen molar-refractivity contribution in [2.45, 2.75) is 13.5 Å². The fourth-order valence-electron chi connectivity index (χ4n) is 3.50. The minimum absolute atomic E-state index is 0.0124. The number of aromatic nitrogens is 5. The molecule has 0 saturated carbocycles. The summed E-state index contributed by atoms with van der Waals surface area (Å²) in [6.07, 6.45) is 1.52. The van der Waals surface area contributed by atoms with Crippen molar-refractivity contribution in [3.05, 3.63) is 101 Å². The molecule has 11 heteroatoms. The summed E-state index contributed by atoms with van der Waals surface area (Å²) in [6, 6.07) is 24.7. The van der Waals surface area contributed by atoms with E-state index < -0.39 is 5.91 Å². The standard InChI is InChI=1S/C26H22N8O3/c1-17-7-9-19(10-8-17)16-36-21-13-11-18(12-14-21)15-28-30-26(35)22-23(20-5-3-2-4-6-20)34(33-29-22)25-24(27)31-37-32-25/h2-15H,16H2,1H3,(H2,27,31)(H,30,35)/b28-15-. The second-order valence-corrected chi connectivity index (χ2v) is 8.08. The lowest BCUT2D eigenvalue weighted by atomic mass is 10.1. The number of aryl methyl sites for hydroxylation is 1. The molecule has 37 heavy (non-hydrogen) atoms. The SMILES string of the molecule is Cc1ccc(COc2ccc(/C=N\NC(=O)c3nnn(-c4nonc4N)c3-c3ccccc3)cc2)cc1. The highest BCUT2D eigenvalue weighted by Gasteiger charge is 2.24. The second kappa shape index (κ2) is 10.5. The molecule has 3 aromatic carbocycles. The molecule has 0 aliphatic rings. The molecule has 0 spiro atoms. The highest BCUT2D eigenvalue weighted by Crippen LogP contribution is 2.26. The van der Waals surface area contributed by atoms with Crippen LogP contribution >= 0.6 is 0 Å². The van der Waals surface area contributed by atoms with Crippen molar-refractivity contribution < 1.29 is 14.2 Å². The molecule has 0 aliphatic carbocycles. The van der Waals surface area contributed by atoms with E-state index in [1.54, 1.807) is 12.1 Å². The quantitative estimate of drug-likeness (QED) is 0.246. The van der Waals surface area contributed by atoms with Crippen LogP contribution < -0.4 is 15.9 Å². The smallest absolute Gasteiger partial charge is 0.294 e. The third-order valence-corrected chi connectivity index (χ3v) is 5.41. The number of hydrazone groups is 1. The topological polar surface area (TPSA) is 146 Å². The molecular formula is C26H22N8O3. The van der Waals surface area contributed by atoms with Gasteiger partial charge >= 0.3 is 0 Å². The summed E-state index contributed by atoms with van der Waals surface area (Å²) in [6.45, 7) is 2.52. The third-order valence-electron chi connectivity index (χ3n) is 5.41. The Morgan fingerprint density at radius 3 is 2.51 bits per heavy atom. The van der Waals surface area contributed by atoms with E-state index in [1.165, 1.54) is 16.5 Å². The first-order chi connectivity index (χ1) is 18.1. The average Bonchev–Trinajstić information content (AvgIpc) is 3.55. The van der Waals surface area contributed by atoms with Gasteiger partial charge in [0.25, 0.3) is 5.91 Å². The maximum Gasteiger partial charge on any atom is 0.294 e. The molecule has 0 saturated heterocycles. The fourth-order valence-corrected chi connectivity index (χ4v) is 3.50. The number of hydrogen-bond donors (Lipinski definition) is 2. The first kappa shape index (κ1) is 23.4. The van der Waals surface area contributed by atoms with Crippen LogP contribution in [0.25, 0.3) is 17.1 Å². The predicted molar refractivity (Wildman–Crippen MR) is 136 cm³/mol. The van der Waals surface area contributed by atoms with Crippen LogP contribution in [0.15, 0.2) is 88.6 Å². The Morgan fingerprint density at radius 1 is 1.05 bits per heavy atom. The van der Waals surface area contributed by atoms with Crippen molar-refractivity contribution in [2.75, 3.05) is 5.73 Å². The molecule has 11 nitrogen and oxygen atoms in total. The maximum atomic E-state index is 12.9. The second-order valence-electron chi connectivity index (χ2n) is 8.08. The van der Waals surface area contributed by atoms with E-state index in [1.807, 2.05) is 61.5 Å². The van der Waals surface area contributed by atoms with Gasteiger partial charge in [-0.05, 0) is 52.6 Å². The van der Waals surface area contributed by atoms with Crippen LogP contribution in [0, 0.1) is 6.92 Å². The summed E-state index contributed by atoms with van der Waals surface area (Å²) in [5.41, 5.74) is 12.5. The highest BCUT2D eigenvalue weighted by molar-refractivity contribution is 5.98. The van der Waals surface area contributed by atoms with Crippen LogP contribution in [0.4, 0.5) is 5.82 Å². The molecule has 0 unspecified atom stereocenters. The maximum absolute atomic E-state index is 12.9. The molecule has 3 N–H and O–H groups in total. The van der Waals surface area contributed by atoms with Gasteiger partial charge in [-0.1, -0.05) is 65.4 Å². The largest absolute Gasteiger partial charge is 0.489 e. The molecule has 2 aromatic heterocycles. The number of hydrogen-bond acceptors (Lipinski definition) is 9. The van der Waals surface area contributed by atoms with Gasteiger partial charge in [0.15, 0.2) is 5.69 Å². The number of rotatable bonds is 8. The van der Waals surface area contributed by atoms with Crippen molar-refractivity contribution in [1.82, 2.24) is 30.7 Å². The monoisotopic (exact) mass is 494 g/mol. The molecule has 5 rings (SSSR count). The molecule has 0 aliphatic heterocycles. The third kappa shape index (κ3) is 5.35.